The first-order chi connectivity index (χ1) is 7.70. The first-order valence-corrected chi connectivity index (χ1v) is 5.27. The Morgan fingerprint density at radius 1 is 1.31 bits per heavy atom. The first-order valence-electron chi connectivity index (χ1n) is 5.27. The van der Waals surface area contributed by atoms with Gasteiger partial charge in [0.05, 0.1) is 6.61 Å². The van der Waals surface area contributed by atoms with Crippen LogP contribution in [-0.4, -0.2) is 12.9 Å². The molecule has 1 saturated carbocycles. The molecule has 86 valence electrons. The normalized spacial score (nSPS) is 14.9. The average molecular weight is 226 g/mol. The molecule has 0 aliphatic heterocycles. The van der Waals surface area contributed by atoms with Crippen LogP contribution in [0, 0.1) is 17.6 Å². The molecular weight excluding hydrogens is 214 g/mol. The number of aldehydes is 1. The quantitative estimate of drug-likeness (QED) is 0.721. The molecule has 1 aliphatic rings. The van der Waals surface area contributed by atoms with Gasteiger partial charge in [-0.2, -0.15) is 0 Å². The van der Waals surface area contributed by atoms with E-state index < -0.39 is 11.6 Å². The molecule has 2 nitrogen and oxygen atoms in total. The van der Waals surface area contributed by atoms with Gasteiger partial charge >= 0.3 is 0 Å². The van der Waals surface area contributed by atoms with Crippen LogP contribution in [0.15, 0.2) is 12.1 Å². The van der Waals surface area contributed by atoms with Crippen molar-refractivity contribution in [3.05, 3.63) is 29.3 Å². The van der Waals surface area contributed by atoms with E-state index >= 15 is 0 Å². The van der Waals surface area contributed by atoms with E-state index in [0.29, 0.717) is 18.8 Å². The van der Waals surface area contributed by atoms with Crippen molar-refractivity contribution in [2.45, 2.75) is 19.3 Å². The lowest BCUT2D eigenvalue weighted by molar-refractivity contribution is 0.112. The van der Waals surface area contributed by atoms with Crippen LogP contribution in [-0.2, 0) is 0 Å². The Morgan fingerprint density at radius 2 is 1.94 bits per heavy atom. The maximum atomic E-state index is 13.3. The van der Waals surface area contributed by atoms with E-state index in [1.165, 1.54) is 12.8 Å². The van der Waals surface area contributed by atoms with Crippen LogP contribution < -0.4 is 4.74 Å². The fraction of sp³-hybridized carbons (Fsp3) is 0.417. The van der Waals surface area contributed by atoms with Crippen molar-refractivity contribution in [1.29, 1.82) is 0 Å². The molecule has 1 aromatic rings. The van der Waals surface area contributed by atoms with Gasteiger partial charge in [-0.25, -0.2) is 8.78 Å². The highest BCUT2D eigenvalue weighted by atomic mass is 19.1. The number of hydrogen-bond donors (Lipinski definition) is 0. The molecule has 0 amide bonds. The van der Waals surface area contributed by atoms with Crippen molar-refractivity contribution < 1.29 is 18.3 Å². The van der Waals surface area contributed by atoms with E-state index in [2.05, 4.69) is 0 Å². The molecule has 1 aliphatic carbocycles. The molecule has 0 atom stereocenters. The van der Waals surface area contributed by atoms with Crippen molar-refractivity contribution in [3.8, 4) is 5.75 Å². The molecule has 2 rings (SSSR count). The van der Waals surface area contributed by atoms with Gasteiger partial charge in [0.15, 0.2) is 17.4 Å². The smallest absolute Gasteiger partial charge is 0.190 e. The molecule has 0 heterocycles. The summed E-state index contributed by atoms with van der Waals surface area (Å²) in [7, 11) is 0. The molecule has 16 heavy (non-hydrogen) atoms. The van der Waals surface area contributed by atoms with Crippen molar-refractivity contribution >= 4 is 6.29 Å². The molecule has 0 radical (unpaired) electrons. The van der Waals surface area contributed by atoms with Crippen LogP contribution in [0.5, 0.6) is 5.75 Å². The molecule has 4 heteroatoms. The molecule has 0 saturated heterocycles. The van der Waals surface area contributed by atoms with E-state index in [0.717, 1.165) is 18.6 Å². The van der Waals surface area contributed by atoms with Crippen molar-refractivity contribution in [3.63, 3.8) is 0 Å². The third-order valence-corrected chi connectivity index (χ3v) is 2.63. The zero-order valence-corrected chi connectivity index (χ0v) is 8.71. The SMILES string of the molecule is O=Cc1cc(F)c(OCCC2CC2)c(F)c1. The molecule has 1 aromatic carbocycles. The minimum Gasteiger partial charge on any atom is -0.488 e. The van der Waals surface area contributed by atoms with E-state index in [-0.39, 0.29) is 11.3 Å². The minimum atomic E-state index is -0.821. The second kappa shape index (κ2) is 4.60. The minimum absolute atomic E-state index is 0.0236. The summed E-state index contributed by atoms with van der Waals surface area (Å²) in [6.45, 7) is 0.318. The van der Waals surface area contributed by atoms with Gasteiger partial charge in [-0.1, -0.05) is 12.8 Å². The van der Waals surface area contributed by atoms with Crippen LogP contribution in [0.4, 0.5) is 8.78 Å². The Balaban J connectivity index is 2.03. The topological polar surface area (TPSA) is 26.3 Å². The summed E-state index contributed by atoms with van der Waals surface area (Å²) in [5, 5.41) is 0. The van der Waals surface area contributed by atoms with Gasteiger partial charge in [0, 0.05) is 5.56 Å². The third-order valence-electron chi connectivity index (χ3n) is 2.63. The van der Waals surface area contributed by atoms with Gasteiger partial charge in [0.2, 0.25) is 0 Å². The number of halogens is 2. The fourth-order valence-electron chi connectivity index (χ4n) is 1.52. The molecule has 0 N–H and O–H groups in total. The van der Waals surface area contributed by atoms with Gasteiger partial charge < -0.3 is 4.74 Å². The number of hydrogen-bond acceptors (Lipinski definition) is 2. The molecule has 0 unspecified atom stereocenters. The second-order valence-corrected chi connectivity index (χ2v) is 4.01. The summed E-state index contributed by atoms with van der Waals surface area (Å²) >= 11 is 0. The third kappa shape index (κ3) is 2.56. The Bertz CT molecular complexity index is 377. The highest BCUT2D eigenvalue weighted by Gasteiger charge is 2.21. The van der Waals surface area contributed by atoms with Gasteiger partial charge in [0.1, 0.15) is 6.29 Å². The monoisotopic (exact) mass is 226 g/mol. The van der Waals surface area contributed by atoms with Gasteiger partial charge in [-0.3, -0.25) is 4.79 Å². The summed E-state index contributed by atoms with van der Waals surface area (Å²) in [6.07, 6.45) is 3.59. The largest absolute Gasteiger partial charge is 0.488 e. The molecular formula is C12H12F2O2. The average Bonchev–Trinajstić information content (AvgIpc) is 3.05. The Hall–Kier alpha value is -1.45. The number of rotatable bonds is 5. The lowest BCUT2D eigenvalue weighted by atomic mass is 10.2. The number of carbonyl (C=O) groups is 1. The van der Waals surface area contributed by atoms with Crippen molar-refractivity contribution in [2.75, 3.05) is 6.61 Å². The van der Waals surface area contributed by atoms with Crippen LogP contribution in [0.2, 0.25) is 0 Å². The highest BCUT2D eigenvalue weighted by Crippen LogP contribution is 2.32. The Labute approximate surface area is 92.2 Å². The lowest BCUT2D eigenvalue weighted by Gasteiger charge is -2.08. The van der Waals surface area contributed by atoms with E-state index in [1.54, 1.807) is 0 Å². The first kappa shape index (κ1) is 11.0. The zero-order chi connectivity index (χ0) is 11.5. The van der Waals surface area contributed by atoms with Crippen LogP contribution >= 0.6 is 0 Å². The summed E-state index contributed by atoms with van der Waals surface area (Å²) in [5.74, 6) is -1.37. The number of ether oxygens (including phenoxy) is 1. The molecule has 1 fully saturated rings. The molecule has 0 bridgehead atoms. The summed E-state index contributed by atoms with van der Waals surface area (Å²) in [4.78, 5) is 10.4. The van der Waals surface area contributed by atoms with Crippen molar-refractivity contribution in [2.24, 2.45) is 5.92 Å². The van der Waals surface area contributed by atoms with Crippen molar-refractivity contribution in [1.82, 2.24) is 0 Å². The van der Waals surface area contributed by atoms with E-state index in [1.807, 2.05) is 0 Å². The summed E-state index contributed by atoms with van der Waals surface area (Å²) in [6, 6.07) is 1.95. The summed E-state index contributed by atoms with van der Waals surface area (Å²) < 4.78 is 31.7. The maximum absolute atomic E-state index is 13.3. The van der Waals surface area contributed by atoms with E-state index in [9.17, 15) is 13.6 Å². The van der Waals surface area contributed by atoms with Gasteiger partial charge in [-0.05, 0) is 24.5 Å². The molecule has 0 aromatic heterocycles. The predicted molar refractivity (Wildman–Crippen MR) is 54.6 cm³/mol. The highest BCUT2D eigenvalue weighted by molar-refractivity contribution is 5.75. The summed E-state index contributed by atoms with van der Waals surface area (Å²) in [5.41, 5.74) is -0.0236. The number of carbonyl (C=O) groups excluding carboxylic acids is 1. The molecule has 0 spiro atoms. The lowest BCUT2D eigenvalue weighted by Crippen LogP contribution is -2.03. The number of benzene rings is 1. The van der Waals surface area contributed by atoms with Crippen LogP contribution in [0.3, 0.4) is 0 Å². The van der Waals surface area contributed by atoms with Crippen LogP contribution in [0.25, 0.3) is 0 Å². The predicted octanol–water partition coefficient (Wildman–Crippen LogP) is 2.96. The van der Waals surface area contributed by atoms with Gasteiger partial charge in [0.25, 0.3) is 0 Å². The second-order valence-electron chi connectivity index (χ2n) is 4.01. The maximum Gasteiger partial charge on any atom is 0.190 e. The fourth-order valence-corrected chi connectivity index (χ4v) is 1.52. The Kier molecular flexibility index (Phi) is 3.17. The zero-order valence-electron chi connectivity index (χ0n) is 8.71. The van der Waals surface area contributed by atoms with Gasteiger partial charge in [-0.15, -0.1) is 0 Å². The standard InChI is InChI=1S/C12H12F2O2/c13-10-5-9(7-15)6-11(14)12(10)16-4-3-8-1-2-8/h5-8H,1-4H2. The Morgan fingerprint density at radius 3 is 2.44 bits per heavy atom. The van der Waals surface area contributed by atoms with Crippen LogP contribution in [0.1, 0.15) is 29.6 Å². The van der Waals surface area contributed by atoms with E-state index in [4.69, 9.17) is 4.74 Å².